The fourth-order valence-corrected chi connectivity index (χ4v) is 4.59. The molecule has 2 amide bonds. The minimum atomic E-state index is -0.402. The summed E-state index contributed by atoms with van der Waals surface area (Å²) in [7, 11) is 3.04. The Labute approximate surface area is 209 Å². The number of hydrogen-bond donors (Lipinski definition) is 2. The average Bonchev–Trinajstić information content (AvgIpc) is 2.89. The van der Waals surface area contributed by atoms with Crippen molar-refractivity contribution in [2.24, 2.45) is 0 Å². The molecule has 0 unspecified atom stereocenters. The molecule has 0 saturated heterocycles. The highest BCUT2D eigenvalue weighted by molar-refractivity contribution is 5.93. The summed E-state index contributed by atoms with van der Waals surface area (Å²) in [6.07, 6.45) is 5.85. The van der Waals surface area contributed by atoms with Crippen molar-refractivity contribution in [2.45, 2.75) is 57.5 Å². The van der Waals surface area contributed by atoms with Crippen LogP contribution in [0.3, 0.4) is 0 Å². The minimum Gasteiger partial charge on any atom is -0.497 e. The number of benzene rings is 2. The molecule has 0 atom stereocenters. The lowest BCUT2D eigenvalue weighted by Crippen LogP contribution is -2.37. The number of methoxy groups -OCH3 is 2. The predicted molar refractivity (Wildman–Crippen MR) is 138 cm³/mol. The van der Waals surface area contributed by atoms with Crippen LogP contribution in [-0.2, 0) is 22.6 Å². The van der Waals surface area contributed by atoms with Crippen molar-refractivity contribution in [1.82, 2.24) is 14.9 Å². The van der Waals surface area contributed by atoms with Crippen molar-refractivity contribution in [3.63, 3.8) is 0 Å². The van der Waals surface area contributed by atoms with Gasteiger partial charge in [0.1, 0.15) is 23.7 Å². The van der Waals surface area contributed by atoms with E-state index in [9.17, 15) is 14.4 Å². The van der Waals surface area contributed by atoms with Crippen LogP contribution in [0.1, 0.15) is 44.2 Å². The van der Waals surface area contributed by atoms with Crippen LogP contribution in [0.25, 0.3) is 11.0 Å². The zero-order valence-electron chi connectivity index (χ0n) is 20.7. The molecule has 1 heterocycles. The van der Waals surface area contributed by atoms with Gasteiger partial charge in [0, 0.05) is 24.9 Å². The van der Waals surface area contributed by atoms with E-state index in [1.54, 1.807) is 36.4 Å². The van der Waals surface area contributed by atoms with Crippen LogP contribution in [0, 0.1) is 0 Å². The van der Waals surface area contributed by atoms with Crippen molar-refractivity contribution >= 4 is 28.5 Å². The van der Waals surface area contributed by atoms with Crippen molar-refractivity contribution in [3.8, 4) is 11.5 Å². The van der Waals surface area contributed by atoms with E-state index in [-0.39, 0.29) is 42.6 Å². The van der Waals surface area contributed by atoms with Crippen molar-refractivity contribution in [2.75, 3.05) is 19.5 Å². The Balaban J connectivity index is 1.53. The lowest BCUT2D eigenvalue weighted by molar-refractivity contribution is -0.122. The molecule has 2 N–H and O–H groups in total. The summed E-state index contributed by atoms with van der Waals surface area (Å²) in [5.41, 5.74) is 1.45. The highest BCUT2D eigenvalue weighted by Gasteiger charge is 2.18. The number of fused-ring (bicyclic) bond motifs is 1. The van der Waals surface area contributed by atoms with Crippen LogP contribution >= 0.6 is 0 Å². The predicted octanol–water partition coefficient (Wildman–Crippen LogP) is 3.43. The summed E-state index contributed by atoms with van der Waals surface area (Å²) in [5, 5.41) is 5.88. The first-order valence-electron chi connectivity index (χ1n) is 12.3. The zero-order chi connectivity index (χ0) is 25.5. The lowest BCUT2D eigenvalue weighted by atomic mass is 9.95. The SMILES string of the molecule is COc1ccc(OC)c(NC(=O)Cn2c(=O)c(CCC(=O)NC3CCCCC3)nc3ccccc32)c1. The van der Waals surface area contributed by atoms with Gasteiger partial charge in [0.05, 0.1) is 30.9 Å². The van der Waals surface area contributed by atoms with Gasteiger partial charge in [-0.2, -0.15) is 0 Å². The van der Waals surface area contributed by atoms with Gasteiger partial charge in [-0.15, -0.1) is 0 Å². The van der Waals surface area contributed by atoms with Crippen LogP contribution in [0.15, 0.2) is 47.3 Å². The summed E-state index contributed by atoms with van der Waals surface area (Å²) in [6.45, 7) is -0.219. The number of anilines is 1. The molecule has 9 nitrogen and oxygen atoms in total. The molecule has 36 heavy (non-hydrogen) atoms. The van der Waals surface area contributed by atoms with Gasteiger partial charge in [-0.3, -0.25) is 19.0 Å². The maximum atomic E-state index is 13.3. The Hall–Kier alpha value is -3.88. The number of carbonyl (C=O) groups excluding carboxylic acids is 2. The third-order valence-corrected chi connectivity index (χ3v) is 6.46. The number of hydrogen-bond acceptors (Lipinski definition) is 6. The normalized spacial score (nSPS) is 13.8. The molecule has 2 aromatic carbocycles. The standard InChI is InChI=1S/C27H32N4O5/c1-35-19-12-14-24(36-2)22(16-19)30-26(33)17-31-23-11-7-6-10-20(23)29-21(27(31)34)13-15-25(32)28-18-8-4-3-5-9-18/h6-7,10-12,14,16,18H,3-5,8-9,13,15,17H2,1-2H3,(H,28,32)(H,30,33). The van der Waals surface area contributed by atoms with E-state index in [4.69, 9.17) is 9.47 Å². The summed E-state index contributed by atoms with van der Waals surface area (Å²) >= 11 is 0. The Bertz CT molecular complexity index is 1300. The minimum absolute atomic E-state index is 0.0781. The Morgan fingerprint density at radius 3 is 2.56 bits per heavy atom. The second-order valence-corrected chi connectivity index (χ2v) is 8.96. The van der Waals surface area contributed by atoms with Gasteiger partial charge in [-0.25, -0.2) is 4.98 Å². The van der Waals surface area contributed by atoms with E-state index in [0.29, 0.717) is 28.2 Å². The number of aryl methyl sites for hydroxylation is 1. The van der Waals surface area contributed by atoms with Gasteiger partial charge >= 0.3 is 0 Å². The van der Waals surface area contributed by atoms with Gasteiger partial charge in [-0.1, -0.05) is 31.4 Å². The molecule has 190 valence electrons. The fourth-order valence-electron chi connectivity index (χ4n) is 4.59. The number of aromatic nitrogens is 2. The number of amides is 2. The van der Waals surface area contributed by atoms with Gasteiger partial charge < -0.3 is 20.1 Å². The summed E-state index contributed by atoms with van der Waals surface area (Å²) in [5.74, 6) is 0.554. The average molecular weight is 493 g/mol. The molecule has 1 aromatic heterocycles. The molecule has 0 radical (unpaired) electrons. The molecule has 9 heteroatoms. The van der Waals surface area contributed by atoms with Crippen molar-refractivity contribution in [1.29, 1.82) is 0 Å². The maximum absolute atomic E-state index is 13.3. The molecule has 1 fully saturated rings. The highest BCUT2D eigenvalue weighted by Crippen LogP contribution is 2.29. The number of nitrogens with one attached hydrogen (secondary N) is 2. The molecular weight excluding hydrogens is 460 g/mol. The fraction of sp³-hybridized carbons (Fsp3) is 0.407. The highest BCUT2D eigenvalue weighted by atomic mass is 16.5. The van der Waals surface area contributed by atoms with E-state index in [2.05, 4.69) is 15.6 Å². The van der Waals surface area contributed by atoms with E-state index < -0.39 is 5.91 Å². The molecule has 0 aliphatic heterocycles. The molecule has 3 aromatic rings. The quantitative estimate of drug-likeness (QED) is 0.473. The first-order valence-corrected chi connectivity index (χ1v) is 12.3. The van der Waals surface area contributed by atoms with Crippen molar-refractivity contribution in [3.05, 3.63) is 58.5 Å². The number of para-hydroxylation sites is 2. The lowest BCUT2D eigenvalue weighted by Gasteiger charge is -2.22. The van der Waals surface area contributed by atoms with Crippen LogP contribution in [-0.4, -0.2) is 41.6 Å². The van der Waals surface area contributed by atoms with Crippen LogP contribution < -0.4 is 25.7 Å². The van der Waals surface area contributed by atoms with E-state index >= 15 is 0 Å². The van der Waals surface area contributed by atoms with Crippen LogP contribution in [0.5, 0.6) is 11.5 Å². The monoisotopic (exact) mass is 492 g/mol. The van der Waals surface area contributed by atoms with Crippen molar-refractivity contribution < 1.29 is 19.1 Å². The maximum Gasteiger partial charge on any atom is 0.273 e. The zero-order valence-corrected chi connectivity index (χ0v) is 20.7. The second kappa shape index (κ2) is 11.7. The second-order valence-electron chi connectivity index (χ2n) is 8.96. The largest absolute Gasteiger partial charge is 0.497 e. The van der Waals surface area contributed by atoms with E-state index in [1.807, 2.05) is 6.07 Å². The first kappa shape index (κ1) is 25.2. The molecule has 0 spiro atoms. The van der Waals surface area contributed by atoms with Crippen LogP contribution in [0.4, 0.5) is 5.69 Å². The molecule has 1 aliphatic carbocycles. The Morgan fingerprint density at radius 1 is 1.03 bits per heavy atom. The smallest absolute Gasteiger partial charge is 0.273 e. The van der Waals surface area contributed by atoms with Gasteiger partial charge in [-0.05, 0) is 37.1 Å². The number of rotatable bonds is 9. The third kappa shape index (κ3) is 6.02. The van der Waals surface area contributed by atoms with Gasteiger partial charge in [0.2, 0.25) is 11.8 Å². The topological polar surface area (TPSA) is 112 Å². The van der Waals surface area contributed by atoms with Gasteiger partial charge in [0.15, 0.2) is 0 Å². The Morgan fingerprint density at radius 2 is 1.81 bits per heavy atom. The summed E-state index contributed by atoms with van der Waals surface area (Å²) in [6, 6.07) is 12.4. The van der Waals surface area contributed by atoms with E-state index in [0.717, 1.165) is 25.7 Å². The number of ether oxygens (including phenoxy) is 2. The number of carbonyl (C=O) groups is 2. The first-order chi connectivity index (χ1) is 17.5. The molecule has 0 bridgehead atoms. The number of nitrogens with zero attached hydrogens (tertiary/aromatic N) is 2. The molecule has 4 rings (SSSR count). The van der Waals surface area contributed by atoms with E-state index in [1.165, 1.54) is 25.2 Å². The third-order valence-electron chi connectivity index (χ3n) is 6.46. The van der Waals surface area contributed by atoms with Crippen LogP contribution in [0.2, 0.25) is 0 Å². The van der Waals surface area contributed by atoms with Gasteiger partial charge in [0.25, 0.3) is 5.56 Å². The molecule has 1 aliphatic rings. The summed E-state index contributed by atoms with van der Waals surface area (Å²) in [4.78, 5) is 43.4. The molecular formula is C27H32N4O5. The molecule has 1 saturated carbocycles. The summed E-state index contributed by atoms with van der Waals surface area (Å²) < 4.78 is 12.0. The Kier molecular flexibility index (Phi) is 8.20.